The maximum atomic E-state index is 12.7. The maximum absolute atomic E-state index is 12.7. The summed E-state index contributed by atoms with van der Waals surface area (Å²) in [7, 11) is 2.17. The fourth-order valence-electron chi connectivity index (χ4n) is 4.35. The van der Waals surface area contributed by atoms with Gasteiger partial charge in [0.05, 0.1) is 0 Å². The molecule has 0 saturated carbocycles. The van der Waals surface area contributed by atoms with E-state index in [0.29, 0.717) is 6.54 Å². The molecule has 0 aromatic heterocycles. The fraction of sp³-hybridized carbons (Fsp3) is 0.321. The van der Waals surface area contributed by atoms with Crippen molar-refractivity contribution in [2.45, 2.75) is 18.9 Å². The van der Waals surface area contributed by atoms with Gasteiger partial charge in [0.2, 0.25) is 0 Å². The Labute approximate surface area is 191 Å². The van der Waals surface area contributed by atoms with E-state index in [0.717, 1.165) is 44.7 Å². The van der Waals surface area contributed by atoms with Crippen LogP contribution in [-0.2, 0) is 6.54 Å². The molecule has 32 heavy (non-hydrogen) atoms. The summed E-state index contributed by atoms with van der Waals surface area (Å²) in [5.74, 6) is 0.264. The second-order valence-electron chi connectivity index (χ2n) is 8.69. The Bertz CT molecular complexity index is 925. The molecular weight excluding hydrogens is 394 g/mol. The summed E-state index contributed by atoms with van der Waals surface area (Å²) >= 11 is 0. The van der Waals surface area contributed by atoms with Gasteiger partial charge in [0.25, 0.3) is 5.91 Å². The molecule has 0 radical (unpaired) electrons. The topological polar surface area (TPSA) is 35.6 Å². The normalized spacial score (nSPS) is 15.1. The number of hydrogen-bond acceptors (Lipinski definition) is 3. The second-order valence-corrected chi connectivity index (χ2v) is 8.69. The largest absolute Gasteiger partial charge is 0.352 e. The van der Waals surface area contributed by atoms with Crippen LogP contribution >= 0.6 is 0 Å². The van der Waals surface area contributed by atoms with E-state index in [4.69, 9.17) is 0 Å². The molecule has 1 amide bonds. The molecule has 1 aliphatic rings. The minimum Gasteiger partial charge on any atom is -0.352 e. The molecule has 1 saturated heterocycles. The third-order valence-electron chi connectivity index (χ3n) is 6.34. The van der Waals surface area contributed by atoms with E-state index in [1.807, 2.05) is 24.3 Å². The summed E-state index contributed by atoms with van der Waals surface area (Å²) in [5.41, 5.74) is 4.55. The third kappa shape index (κ3) is 6.06. The Balaban J connectivity index is 1.31. The molecule has 3 aromatic rings. The van der Waals surface area contributed by atoms with E-state index >= 15 is 0 Å². The fourth-order valence-corrected chi connectivity index (χ4v) is 4.35. The lowest BCUT2D eigenvalue weighted by atomic mass is 9.88. The number of rotatable bonds is 8. The average molecular weight is 428 g/mol. The smallest absolute Gasteiger partial charge is 0.251 e. The molecule has 0 unspecified atom stereocenters. The lowest BCUT2D eigenvalue weighted by Gasteiger charge is -2.32. The van der Waals surface area contributed by atoms with Gasteiger partial charge in [-0.05, 0) is 42.3 Å². The van der Waals surface area contributed by atoms with Gasteiger partial charge in [0.1, 0.15) is 0 Å². The summed E-state index contributed by atoms with van der Waals surface area (Å²) in [5, 5.41) is 3.12. The number of hydrogen-bond donors (Lipinski definition) is 1. The van der Waals surface area contributed by atoms with Crippen LogP contribution in [0.4, 0.5) is 0 Å². The number of nitrogens with one attached hydrogen (secondary N) is 1. The van der Waals surface area contributed by atoms with Gasteiger partial charge in [0, 0.05) is 50.7 Å². The molecular formula is C28H33N3O. The van der Waals surface area contributed by atoms with Crippen molar-refractivity contribution in [1.29, 1.82) is 0 Å². The van der Waals surface area contributed by atoms with Crippen LogP contribution in [0.25, 0.3) is 0 Å². The first-order chi connectivity index (χ1) is 15.7. The highest BCUT2D eigenvalue weighted by Gasteiger charge is 2.16. The summed E-state index contributed by atoms with van der Waals surface area (Å²) in [4.78, 5) is 17.5. The molecule has 1 aliphatic heterocycles. The van der Waals surface area contributed by atoms with Gasteiger partial charge in [-0.3, -0.25) is 9.69 Å². The van der Waals surface area contributed by atoms with Crippen molar-refractivity contribution in [3.63, 3.8) is 0 Å². The Kier molecular flexibility index (Phi) is 7.70. The number of likely N-dealkylation sites (N-methyl/N-ethyl adjacent to an activating group) is 1. The van der Waals surface area contributed by atoms with Crippen LogP contribution in [0.1, 0.15) is 39.4 Å². The quantitative estimate of drug-likeness (QED) is 0.579. The standard InChI is InChI=1S/C28H33N3O/c1-30-18-20-31(21-19-30)22-23-12-14-26(15-13-23)28(32)29-17-16-27(24-8-4-2-5-9-24)25-10-6-3-7-11-25/h2-15,27H,16-22H2,1H3,(H,29,32). The highest BCUT2D eigenvalue weighted by atomic mass is 16.1. The van der Waals surface area contributed by atoms with E-state index < -0.39 is 0 Å². The molecule has 0 spiro atoms. The number of carbonyl (C=O) groups excluding carboxylic acids is 1. The molecule has 4 nitrogen and oxygen atoms in total. The highest BCUT2D eigenvalue weighted by molar-refractivity contribution is 5.94. The first-order valence-electron chi connectivity index (χ1n) is 11.6. The predicted molar refractivity (Wildman–Crippen MR) is 131 cm³/mol. The van der Waals surface area contributed by atoms with Gasteiger partial charge < -0.3 is 10.2 Å². The van der Waals surface area contributed by atoms with Crippen molar-refractivity contribution < 1.29 is 4.79 Å². The Morgan fingerprint density at radius 1 is 0.812 bits per heavy atom. The maximum Gasteiger partial charge on any atom is 0.251 e. The monoisotopic (exact) mass is 427 g/mol. The minimum absolute atomic E-state index is 0.00368. The summed E-state index contributed by atoms with van der Waals surface area (Å²) < 4.78 is 0. The van der Waals surface area contributed by atoms with Gasteiger partial charge >= 0.3 is 0 Å². The van der Waals surface area contributed by atoms with Gasteiger partial charge in [-0.2, -0.15) is 0 Å². The lowest BCUT2D eigenvalue weighted by Crippen LogP contribution is -2.43. The third-order valence-corrected chi connectivity index (χ3v) is 6.34. The highest BCUT2D eigenvalue weighted by Crippen LogP contribution is 2.27. The van der Waals surface area contributed by atoms with Crippen LogP contribution in [0, 0.1) is 0 Å². The zero-order chi connectivity index (χ0) is 22.2. The molecule has 1 fully saturated rings. The van der Waals surface area contributed by atoms with Crippen molar-refractivity contribution in [3.8, 4) is 0 Å². The molecule has 0 bridgehead atoms. The average Bonchev–Trinajstić information content (AvgIpc) is 2.85. The molecule has 3 aromatic carbocycles. The molecule has 0 atom stereocenters. The van der Waals surface area contributed by atoms with E-state index in [1.54, 1.807) is 0 Å². The Morgan fingerprint density at radius 3 is 1.94 bits per heavy atom. The molecule has 0 aliphatic carbocycles. The van der Waals surface area contributed by atoms with Crippen LogP contribution in [0.15, 0.2) is 84.9 Å². The Hall–Kier alpha value is -2.95. The van der Waals surface area contributed by atoms with Crippen LogP contribution in [0.3, 0.4) is 0 Å². The SMILES string of the molecule is CN1CCN(Cc2ccc(C(=O)NCCC(c3ccccc3)c3ccccc3)cc2)CC1. The van der Waals surface area contributed by atoms with E-state index in [1.165, 1.54) is 16.7 Å². The van der Waals surface area contributed by atoms with Crippen molar-refractivity contribution in [2.75, 3.05) is 39.8 Å². The number of piperazine rings is 1. The number of nitrogens with zero attached hydrogens (tertiary/aromatic N) is 2. The van der Waals surface area contributed by atoms with Gasteiger partial charge in [-0.1, -0.05) is 72.8 Å². The Morgan fingerprint density at radius 2 is 1.38 bits per heavy atom. The van der Waals surface area contributed by atoms with Crippen molar-refractivity contribution in [1.82, 2.24) is 15.1 Å². The van der Waals surface area contributed by atoms with Crippen molar-refractivity contribution in [2.24, 2.45) is 0 Å². The second kappa shape index (κ2) is 11.1. The van der Waals surface area contributed by atoms with Crippen LogP contribution in [0.5, 0.6) is 0 Å². The van der Waals surface area contributed by atoms with Crippen molar-refractivity contribution >= 4 is 5.91 Å². The summed E-state index contributed by atoms with van der Waals surface area (Å²) in [6.45, 7) is 6.02. The van der Waals surface area contributed by atoms with Crippen LogP contribution < -0.4 is 5.32 Å². The molecule has 4 heteroatoms. The van der Waals surface area contributed by atoms with Gasteiger partial charge in [-0.25, -0.2) is 0 Å². The summed E-state index contributed by atoms with van der Waals surface area (Å²) in [6.07, 6.45) is 0.862. The molecule has 1 N–H and O–H groups in total. The van der Waals surface area contributed by atoms with E-state index in [9.17, 15) is 4.79 Å². The van der Waals surface area contributed by atoms with E-state index in [-0.39, 0.29) is 11.8 Å². The number of carbonyl (C=O) groups is 1. The lowest BCUT2D eigenvalue weighted by molar-refractivity contribution is 0.0952. The zero-order valence-electron chi connectivity index (χ0n) is 18.9. The minimum atomic E-state index is -0.00368. The van der Waals surface area contributed by atoms with Crippen molar-refractivity contribution in [3.05, 3.63) is 107 Å². The first kappa shape index (κ1) is 22.3. The summed E-state index contributed by atoms with van der Waals surface area (Å²) in [6, 6.07) is 29.1. The first-order valence-corrected chi connectivity index (χ1v) is 11.6. The molecule has 1 heterocycles. The number of benzene rings is 3. The molecule has 166 valence electrons. The van der Waals surface area contributed by atoms with Gasteiger partial charge in [-0.15, -0.1) is 0 Å². The van der Waals surface area contributed by atoms with Crippen LogP contribution in [-0.4, -0.2) is 55.5 Å². The van der Waals surface area contributed by atoms with E-state index in [2.05, 4.69) is 82.8 Å². The molecule has 4 rings (SSSR count). The van der Waals surface area contributed by atoms with Crippen LogP contribution in [0.2, 0.25) is 0 Å². The zero-order valence-corrected chi connectivity index (χ0v) is 18.9. The number of amides is 1. The van der Waals surface area contributed by atoms with Gasteiger partial charge in [0.15, 0.2) is 0 Å². The predicted octanol–water partition coefficient (Wildman–Crippen LogP) is 4.39.